The molecule has 0 amide bonds. The van der Waals surface area contributed by atoms with Crippen molar-refractivity contribution in [2.24, 2.45) is 0 Å². The predicted molar refractivity (Wildman–Crippen MR) is 150 cm³/mol. The Morgan fingerprint density at radius 3 is 2.27 bits per heavy atom. The van der Waals surface area contributed by atoms with Crippen molar-refractivity contribution in [2.45, 2.75) is 110 Å². The van der Waals surface area contributed by atoms with Crippen molar-refractivity contribution >= 4 is 0 Å². The van der Waals surface area contributed by atoms with E-state index in [-0.39, 0.29) is 0 Å². The molecular weight excluding hydrogens is 469 g/mol. The highest BCUT2D eigenvalue weighted by Gasteiger charge is 2.31. The van der Waals surface area contributed by atoms with Gasteiger partial charge in [-0.1, -0.05) is 69.5 Å². The SMILES string of the molecule is C=C(C)CCCc1cc(C(F)(F)F)cnc1CCC.CCCC(CC)N1CCC(c2ccccc2)CC1. The van der Waals surface area contributed by atoms with Crippen LogP contribution in [0.1, 0.15) is 107 Å². The molecule has 3 rings (SSSR count). The average Bonchev–Trinajstić information content (AvgIpc) is 2.88. The first-order valence-electron chi connectivity index (χ1n) is 14.2. The zero-order valence-electron chi connectivity index (χ0n) is 23.4. The molecule has 37 heavy (non-hydrogen) atoms. The lowest BCUT2D eigenvalue weighted by Crippen LogP contribution is -2.40. The van der Waals surface area contributed by atoms with E-state index >= 15 is 0 Å². The topological polar surface area (TPSA) is 16.1 Å². The minimum absolute atomic E-state index is 0.624. The van der Waals surface area contributed by atoms with Crippen LogP contribution in [0.2, 0.25) is 0 Å². The highest BCUT2D eigenvalue weighted by atomic mass is 19.4. The first-order valence-corrected chi connectivity index (χ1v) is 14.2. The van der Waals surface area contributed by atoms with Crippen LogP contribution in [0.15, 0.2) is 54.7 Å². The lowest BCUT2D eigenvalue weighted by atomic mass is 9.88. The third-order valence-electron chi connectivity index (χ3n) is 7.33. The highest BCUT2D eigenvalue weighted by Crippen LogP contribution is 2.31. The van der Waals surface area contributed by atoms with Crippen molar-refractivity contribution in [3.63, 3.8) is 0 Å². The van der Waals surface area contributed by atoms with E-state index < -0.39 is 11.7 Å². The summed E-state index contributed by atoms with van der Waals surface area (Å²) in [4.78, 5) is 6.72. The van der Waals surface area contributed by atoms with Gasteiger partial charge in [0.15, 0.2) is 0 Å². The molecule has 1 aliphatic heterocycles. The van der Waals surface area contributed by atoms with Crippen molar-refractivity contribution in [3.8, 4) is 0 Å². The molecule has 1 aromatic carbocycles. The molecular formula is C32H47F3N2. The largest absolute Gasteiger partial charge is 0.417 e. The molecule has 1 atom stereocenters. The molecule has 0 N–H and O–H groups in total. The third-order valence-corrected chi connectivity index (χ3v) is 7.33. The molecule has 0 spiro atoms. The number of aromatic nitrogens is 1. The van der Waals surface area contributed by atoms with E-state index in [0.717, 1.165) is 60.7 Å². The maximum Gasteiger partial charge on any atom is 0.417 e. The van der Waals surface area contributed by atoms with Crippen LogP contribution in [0.4, 0.5) is 13.2 Å². The van der Waals surface area contributed by atoms with Gasteiger partial charge < -0.3 is 4.90 Å². The summed E-state index contributed by atoms with van der Waals surface area (Å²) in [5.74, 6) is 0.793. The Morgan fingerprint density at radius 1 is 1.05 bits per heavy atom. The maximum absolute atomic E-state index is 12.7. The van der Waals surface area contributed by atoms with Crippen LogP contribution in [0.25, 0.3) is 0 Å². The zero-order chi connectivity index (χ0) is 27.3. The molecule has 1 aliphatic rings. The third kappa shape index (κ3) is 10.6. The average molecular weight is 517 g/mol. The van der Waals surface area contributed by atoms with Crippen LogP contribution in [-0.4, -0.2) is 29.0 Å². The van der Waals surface area contributed by atoms with Crippen LogP contribution in [-0.2, 0) is 19.0 Å². The lowest BCUT2D eigenvalue weighted by Gasteiger charge is -2.37. The van der Waals surface area contributed by atoms with E-state index in [9.17, 15) is 13.2 Å². The number of benzene rings is 1. The van der Waals surface area contributed by atoms with E-state index in [1.807, 2.05) is 13.8 Å². The lowest BCUT2D eigenvalue weighted by molar-refractivity contribution is -0.137. The quantitative estimate of drug-likeness (QED) is 0.277. The number of halogens is 3. The highest BCUT2D eigenvalue weighted by molar-refractivity contribution is 5.27. The van der Waals surface area contributed by atoms with E-state index in [2.05, 4.69) is 60.6 Å². The number of alkyl halides is 3. The second-order valence-corrected chi connectivity index (χ2v) is 10.5. The Hall–Kier alpha value is -2.14. The summed E-state index contributed by atoms with van der Waals surface area (Å²) in [7, 11) is 0. The van der Waals surface area contributed by atoms with Gasteiger partial charge in [0.1, 0.15) is 0 Å². The summed E-state index contributed by atoms with van der Waals surface area (Å²) in [5, 5.41) is 0. The second-order valence-electron chi connectivity index (χ2n) is 10.5. The predicted octanol–water partition coefficient (Wildman–Crippen LogP) is 9.40. The fourth-order valence-corrected chi connectivity index (χ4v) is 5.25. The van der Waals surface area contributed by atoms with Gasteiger partial charge in [-0.05, 0) is 94.5 Å². The number of pyridine rings is 1. The van der Waals surface area contributed by atoms with Gasteiger partial charge in [0.2, 0.25) is 0 Å². The van der Waals surface area contributed by atoms with E-state index in [1.54, 1.807) is 5.56 Å². The molecule has 0 bridgehead atoms. The summed E-state index contributed by atoms with van der Waals surface area (Å²) in [6, 6.07) is 13.1. The van der Waals surface area contributed by atoms with Gasteiger partial charge in [0.25, 0.3) is 0 Å². The summed E-state index contributed by atoms with van der Waals surface area (Å²) in [6.07, 6.45) is 7.17. The summed E-state index contributed by atoms with van der Waals surface area (Å²) in [5.41, 5.74) is 3.45. The first-order chi connectivity index (χ1) is 17.7. The summed E-state index contributed by atoms with van der Waals surface area (Å²) in [6.45, 7) is 15.0. The fraction of sp³-hybridized carbons (Fsp3) is 0.594. The van der Waals surface area contributed by atoms with Gasteiger partial charge >= 0.3 is 6.18 Å². The van der Waals surface area contributed by atoms with Crippen molar-refractivity contribution in [2.75, 3.05) is 13.1 Å². The van der Waals surface area contributed by atoms with Crippen LogP contribution >= 0.6 is 0 Å². The molecule has 206 valence electrons. The van der Waals surface area contributed by atoms with Crippen LogP contribution < -0.4 is 0 Å². The van der Waals surface area contributed by atoms with Gasteiger partial charge in [-0.25, -0.2) is 0 Å². The summed E-state index contributed by atoms with van der Waals surface area (Å²) < 4.78 is 38.0. The number of hydrogen-bond donors (Lipinski definition) is 0. The van der Waals surface area contributed by atoms with Crippen molar-refractivity contribution in [1.82, 2.24) is 9.88 Å². The normalized spacial score (nSPS) is 15.6. The van der Waals surface area contributed by atoms with Crippen molar-refractivity contribution < 1.29 is 13.2 Å². The Labute approximate surface area is 223 Å². The van der Waals surface area contributed by atoms with Gasteiger partial charge in [0.05, 0.1) is 5.56 Å². The Balaban J connectivity index is 0.000000260. The molecule has 1 fully saturated rings. The number of piperidine rings is 1. The Kier molecular flexibility index (Phi) is 13.4. The Bertz CT molecular complexity index is 915. The Morgan fingerprint density at radius 2 is 1.73 bits per heavy atom. The molecule has 0 radical (unpaired) electrons. The van der Waals surface area contributed by atoms with Crippen LogP contribution in [0.5, 0.6) is 0 Å². The minimum atomic E-state index is -4.32. The maximum atomic E-state index is 12.7. The zero-order valence-corrected chi connectivity index (χ0v) is 23.4. The van der Waals surface area contributed by atoms with Crippen molar-refractivity contribution in [3.05, 3.63) is 77.1 Å². The van der Waals surface area contributed by atoms with Crippen LogP contribution in [0.3, 0.4) is 0 Å². The van der Waals surface area contributed by atoms with Gasteiger partial charge in [-0.15, -0.1) is 6.58 Å². The fourth-order valence-electron chi connectivity index (χ4n) is 5.25. The standard InChI is InChI=1S/C17H27N.C15H20F3N/c1-3-8-17(4-2)18-13-11-16(12-14-18)15-9-6-5-7-10-15;1-4-6-14-12(8-5-7-11(2)3)9-13(10-19-14)15(16,17)18/h5-7,9-10,16-17H,3-4,8,11-14H2,1-2H3;9-10H,2,4-8H2,1,3H3. The number of nitrogens with zero attached hydrogens (tertiary/aromatic N) is 2. The first kappa shape index (κ1) is 31.1. The van der Waals surface area contributed by atoms with E-state index in [1.165, 1.54) is 51.3 Å². The summed E-state index contributed by atoms with van der Waals surface area (Å²) >= 11 is 0. The molecule has 0 saturated carbocycles. The van der Waals surface area contributed by atoms with E-state index in [0.29, 0.717) is 6.42 Å². The number of rotatable bonds is 11. The monoisotopic (exact) mass is 516 g/mol. The molecule has 2 nitrogen and oxygen atoms in total. The smallest absolute Gasteiger partial charge is 0.300 e. The number of hydrogen-bond acceptors (Lipinski definition) is 2. The van der Waals surface area contributed by atoms with Gasteiger partial charge in [0, 0.05) is 17.9 Å². The van der Waals surface area contributed by atoms with Gasteiger partial charge in [-0.3, -0.25) is 4.98 Å². The van der Waals surface area contributed by atoms with Gasteiger partial charge in [-0.2, -0.15) is 13.2 Å². The molecule has 1 saturated heterocycles. The van der Waals surface area contributed by atoms with Crippen molar-refractivity contribution in [1.29, 1.82) is 0 Å². The minimum Gasteiger partial charge on any atom is -0.300 e. The molecule has 0 aliphatic carbocycles. The van der Waals surface area contributed by atoms with Crippen LogP contribution in [0, 0.1) is 0 Å². The molecule has 2 aromatic rings. The second kappa shape index (κ2) is 16.0. The molecule has 2 heterocycles. The van der Waals surface area contributed by atoms with E-state index in [4.69, 9.17) is 0 Å². The number of aryl methyl sites for hydroxylation is 2. The number of allylic oxidation sites excluding steroid dienone is 1. The molecule has 1 aromatic heterocycles. The molecule has 1 unspecified atom stereocenters. The number of likely N-dealkylation sites (tertiary alicyclic amines) is 1. The molecule has 5 heteroatoms.